The Morgan fingerprint density at radius 1 is 0.531 bits per heavy atom. The molecule has 0 aliphatic rings. The normalized spacial score (nSPS) is 17.7. The van der Waals surface area contributed by atoms with Crippen LogP contribution in [0.15, 0.2) is 0 Å². The first-order valence-electron chi connectivity index (χ1n) is 8.17. The van der Waals surface area contributed by atoms with Crippen molar-refractivity contribution in [3.05, 3.63) is 0 Å². The Kier molecular flexibility index (Phi) is 14.9. The van der Waals surface area contributed by atoms with Gasteiger partial charge in [0, 0.05) is 21.3 Å². The highest BCUT2D eigenvalue weighted by Gasteiger charge is 2.59. The number of phosphoric acid groups is 4. The highest BCUT2D eigenvalue weighted by molar-refractivity contribution is 9.09. The van der Waals surface area contributed by atoms with E-state index in [1.165, 1.54) is 0 Å². The van der Waals surface area contributed by atoms with Crippen molar-refractivity contribution in [1.29, 1.82) is 0 Å². The molecule has 22 heteroatoms. The van der Waals surface area contributed by atoms with Crippen LogP contribution in [-0.4, -0.2) is 61.9 Å². The van der Waals surface area contributed by atoms with Crippen LogP contribution in [0.3, 0.4) is 0 Å². The van der Waals surface area contributed by atoms with Gasteiger partial charge in [-0.25, -0.2) is 18.3 Å². The molecule has 0 heterocycles. The number of phosphoric ester groups is 2. The van der Waals surface area contributed by atoms with Gasteiger partial charge in [0.1, 0.15) is 11.2 Å². The third-order valence-corrected chi connectivity index (χ3v) is 9.92. The molecule has 0 saturated carbocycles. The Morgan fingerprint density at radius 2 is 0.750 bits per heavy atom. The van der Waals surface area contributed by atoms with E-state index in [4.69, 9.17) is 28.6 Å². The van der Waals surface area contributed by atoms with Gasteiger partial charge in [0.15, 0.2) is 0 Å². The van der Waals surface area contributed by atoms with Gasteiger partial charge in [-0.05, 0) is 25.7 Å². The summed E-state index contributed by atoms with van der Waals surface area (Å²) in [6.45, 7) is 0. The van der Waals surface area contributed by atoms with E-state index in [1.807, 2.05) is 0 Å². The third kappa shape index (κ3) is 12.1. The molecule has 2 unspecified atom stereocenters. The lowest BCUT2D eigenvalue weighted by Crippen LogP contribution is -2.58. The summed E-state index contributed by atoms with van der Waals surface area (Å²) in [5, 5.41) is 0.114. The molecule has 0 aromatic rings. The molecule has 0 bridgehead atoms. The van der Waals surface area contributed by atoms with E-state index in [9.17, 15) is 28.0 Å². The van der Waals surface area contributed by atoms with Gasteiger partial charge in [0.25, 0.3) is 0 Å². The predicted molar refractivity (Wildman–Crippen MR) is 127 cm³/mol. The first-order valence-corrected chi connectivity index (χ1v) is 18.7. The van der Waals surface area contributed by atoms with Crippen molar-refractivity contribution >= 4 is 95.0 Å². The topological polar surface area (TPSA) is 227 Å². The first kappa shape index (κ1) is 34.4. The molecular formula is C10H22Br4O14P4. The lowest BCUT2D eigenvalue weighted by molar-refractivity contribution is -0.141. The summed E-state index contributed by atoms with van der Waals surface area (Å²) >= 11 is 12.5. The van der Waals surface area contributed by atoms with Crippen molar-refractivity contribution in [3.8, 4) is 0 Å². The minimum Gasteiger partial charge on any atom is -0.302 e. The largest absolute Gasteiger partial charge is 0.481 e. The van der Waals surface area contributed by atoms with E-state index >= 15 is 0 Å². The molecule has 32 heavy (non-hydrogen) atoms. The zero-order valence-electron chi connectivity index (χ0n) is 15.9. The summed E-state index contributed by atoms with van der Waals surface area (Å²) in [6.07, 6.45) is -0.986. The summed E-state index contributed by atoms with van der Waals surface area (Å²) in [6, 6.07) is 0. The monoisotopic (exact) mass is 806 g/mol. The molecule has 0 aromatic heterocycles. The summed E-state index contributed by atoms with van der Waals surface area (Å²) in [5.74, 6) is 0. The molecule has 2 atom stereocenters. The highest BCUT2D eigenvalue weighted by atomic mass is 79.9. The molecule has 0 aliphatic heterocycles. The van der Waals surface area contributed by atoms with Crippen molar-refractivity contribution in [3.63, 3.8) is 0 Å². The standard InChI is InChI=1S/C10H22Br4O14P4/c11-5-1-9(2-6-12,25-31(21,22)27-29(15,16)17)10(3-7-13,4-8-14)26-32(23,24)28-30(18,19)20/h1-8H2,(H,21,22)(H,23,24)(H2,15,16,17)(H2,18,19,20). The Labute approximate surface area is 217 Å². The van der Waals surface area contributed by atoms with Crippen LogP contribution in [0, 0.1) is 0 Å². The second-order valence-electron chi connectivity index (χ2n) is 6.01. The number of rotatable bonds is 17. The smallest absolute Gasteiger partial charge is 0.302 e. The maximum atomic E-state index is 12.5. The van der Waals surface area contributed by atoms with E-state index < -0.39 is 42.5 Å². The van der Waals surface area contributed by atoms with Crippen molar-refractivity contribution in [1.82, 2.24) is 0 Å². The number of alkyl halides is 4. The average Bonchev–Trinajstić information content (AvgIpc) is 2.49. The van der Waals surface area contributed by atoms with Crippen LogP contribution in [0.2, 0.25) is 0 Å². The minimum absolute atomic E-state index is 0.0284. The lowest BCUT2D eigenvalue weighted by atomic mass is 9.75. The van der Waals surface area contributed by atoms with Crippen LogP contribution < -0.4 is 0 Å². The number of halogens is 4. The third-order valence-electron chi connectivity index (χ3n) is 3.82. The quantitative estimate of drug-likeness (QED) is 0.0901. The van der Waals surface area contributed by atoms with E-state index in [0.29, 0.717) is 0 Å². The van der Waals surface area contributed by atoms with Crippen molar-refractivity contribution in [2.75, 3.05) is 21.3 Å². The Bertz CT molecular complexity index is 709. The van der Waals surface area contributed by atoms with Gasteiger partial charge in [-0.3, -0.25) is 9.05 Å². The molecule has 0 aromatic carbocycles. The van der Waals surface area contributed by atoms with E-state index in [0.717, 1.165) is 0 Å². The second kappa shape index (κ2) is 13.8. The summed E-state index contributed by atoms with van der Waals surface area (Å²) in [4.78, 5) is 55.9. The second-order valence-corrected chi connectivity index (χ2v) is 14.7. The van der Waals surface area contributed by atoms with E-state index in [-0.39, 0.29) is 47.0 Å². The Hall–Kier alpha value is 2.44. The molecule has 6 N–H and O–H groups in total. The zero-order valence-corrected chi connectivity index (χ0v) is 25.8. The van der Waals surface area contributed by atoms with Gasteiger partial charge in [-0.2, -0.15) is 8.62 Å². The van der Waals surface area contributed by atoms with Crippen LogP contribution in [0.1, 0.15) is 25.7 Å². The van der Waals surface area contributed by atoms with Crippen molar-refractivity contribution < 1.29 is 65.3 Å². The molecule has 14 nitrogen and oxygen atoms in total. The number of hydrogen-bond donors (Lipinski definition) is 6. The molecule has 0 rings (SSSR count). The maximum absolute atomic E-state index is 12.5. The molecule has 0 saturated heterocycles. The van der Waals surface area contributed by atoms with Crippen LogP contribution >= 0.6 is 95.0 Å². The van der Waals surface area contributed by atoms with Gasteiger partial charge in [-0.1, -0.05) is 63.7 Å². The van der Waals surface area contributed by atoms with Gasteiger partial charge in [-0.15, -0.1) is 0 Å². The van der Waals surface area contributed by atoms with E-state index in [2.05, 4.69) is 72.3 Å². The van der Waals surface area contributed by atoms with Gasteiger partial charge in [0.2, 0.25) is 0 Å². The fraction of sp³-hybridized carbons (Fsp3) is 1.00. The Morgan fingerprint density at radius 3 is 0.906 bits per heavy atom. The summed E-state index contributed by atoms with van der Waals surface area (Å²) < 4.78 is 65.4. The summed E-state index contributed by atoms with van der Waals surface area (Å²) in [7, 11) is -22.1. The van der Waals surface area contributed by atoms with Gasteiger partial charge >= 0.3 is 31.3 Å². The minimum atomic E-state index is -5.53. The van der Waals surface area contributed by atoms with Gasteiger partial charge < -0.3 is 29.4 Å². The average molecular weight is 810 g/mol. The zero-order chi connectivity index (χ0) is 25.5. The molecule has 0 fully saturated rings. The maximum Gasteiger partial charge on any atom is 0.481 e. The fourth-order valence-corrected chi connectivity index (χ4v) is 9.42. The van der Waals surface area contributed by atoms with Crippen LogP contribution in [0.4, 0.5) is 0 Å². The molecule has 0 amide bonds. The van der Waals surface area contributed by atoms with Gasteiger partial charge in [0.05, 0.1) is 0 Å². The SMILES string of the molecule is O=P(O)(O)OP(=O)(O)OC(CCBr)(CCBr)C(CCBr)(CCBr)OP(=O)(O)OP(=O)(O)O. The van der Waals surface area contributed by atoms with E-state index in [1.54, 1.807) is 0 Å². The lowest BCUT2D eigenvalue weighted by Gasteiger charge is -2.49. The Balaban J connectivity index is 6.82. The molecule has 0 spiro atoms. The molecular weight excluding hydrogens is 788 g/mol. The van der Waals surface area contributed by atoms with Crippen molar-refractivity contribution in [2.24, 2.45) is 0 Å². The summed E-state index contributed by atoms with van der Waals surface area (Å²) in [5.41, 5.74) is -4.14. The highest BCUT2D eigenvalue weighted by Crippen LogP contribution is 2.66. The molecule has 194 valence electrons. The predicted octanol–water partition coefficient (Wildman–Crippen LogP) is 4.06. The molecule has 0 aliphatic carbocycles. The van der Waals surface area contributed by atoms with Crippen LogP contribution in [-0.2, 0) is 35.9 Å². The van der Waals surface area contributed by atoms with Crippen LogP contribution in [0.25, 0.3) is 0 Å². The van der Waals surface area contributed by atoms with Crippen LogP contribution in [0.5, 0.6) is 0 Å². The molecule has 0 radical (unpaired) electrons. The fourth-order valence-electron chi connectivity index (χ4n) is 2.86. The van der Waals surface area contributed by atoms with Crippen molar-refractivity contribution in [2.45, 2.75) is 36.9 Å². The first-order chi connectivity index (χ1) is 14.3. The number of hydrogen-bond acceptors (Lipinski definition) is 8.